The van der Waals surface area contributed by atoms with Gasteiger partial charge in [0.2, 0.25) is 0 Å². The van der Waals surface area contributed by atoms with Gasteiger partial charge in [-0.3, -0.25) is 0 Å². The second kappa shape index (κ2) is 7.80. The zero-order valence-electron chi connectivity index (χ0n) is 14.7. The molecule has 1 N–H and O–H groups in total. The molecule has 0 bridgehead atoms. The van der Waals surface area contributed by atoms with Gasteiger partial charge in [-0.15, -0.1) is 0 Å². The maximum absolute atomic E-state index is 12.5. The van der Waals surface area contributed by atoms with Gasteiger partial charge in [0, 0.05) is 18.0 Å². The molecule has 0 aliphatic carbocycles. The van der Waals surface area contributed by atoms with E-state index in [1.54, 1.807) is 48.5 Å². The highest BCUT2D eigenvalue weighted by Gasteiger charge is 2.16. The van der Waals surface area contributed by atoms with Gasteiger partial charge in [0.05, 0.1) is 10.6 Å². The zero-order valence-corrected chi connectivity index (χ0v) is 15.5. The summed E-state index contributed by atoms with van der Waals surface area (Å²) in [6.45, 7) is 2.03. The Morgan fingerprint density at radius 3 is 2.62 bits per heavy atom. The Hall–Kier alpha value is -2.51. The van der Waals surface area contributed by atoms with Gasteiger partial charge in [0.25, 0.3) is 5.89 Å². The van der Waals surface area contributed by atoms with Crippen LogP contribution in [0.2, 0.25) is 0 Å². The first-order valence-electron chi connectivity index (χ1n) is 8.35. The van der Waals surface area contributed by atoms with Crippen LogP contribution in [0.25, 0.3) is 11.5 Å². The summed E-state index contributed by atoms with van der Waals surface area (Å²) in [5, 5.41) is 7.11. The molecule has 0 fully saturated rings. The van der Waals surface area contributed by atoms with Crippen LogP contribution in [0.5, 0.6) is 0 Å². The quantitative estimate of drug-likeness (QED) is 0.687. The van der Waals surface area contributed by atoms with Gasteiger partial charge < -0.3 is 9.84 Å². The molecule has 0 amide bonds. The van der Waals surface area contributed by atoms with Crippen molar-refractivity contribution in [3.63, 3.8) is 0 Å². The molecule has 3 rings (SSSR count). The lowest BCUT2D eigenvalue weighted by Gasteiger charge is -2.06. The van der Waals surface area contributed by atoms with Crippen LogP contribution in [0, 0.1) is 0 Å². The number of sulfone groups is 1. The second-order valence-corrected chi connectivity index (χ2v) is 8.17. The molecule has 0 spiro atoms. The Bertz CT molecular complexity index is 968. The van der Waals surface area contributed by atoms with Crippen molar-refractivity contribution in [2.75, 3.05) is 7.05 Å². The minimum absolute atomic E-state index is 0.0807. The summed E-state index contributed by atoms with van der Waals surface area (Å²) in [4.78, 5) is 4.71. The Balaban J connectivity index is 1.81. The van der Waals surface area contributed by atoms with Gasteiger partial charge in [0.15, 0.2) is 15.7 Å². The van der Waals surface area contributed by atoms with Gasteiger partial charge >= 0.3 is 0 Å². The monoisotopic (exact) mass is 371 g/mol. The number of aromatic nitrogens is 2. The van der Waals surface area contributed by atoms with Crippen molar-refractivity contribution in [3.05, 3.63) is 66.0 Å². The van der Waals surface area contributed by atoms with Crippen LogP contribution in [0.4, 0.5) is 0 Å². The lowest BCUT2D eigenvalue weighted by Crippen LogP contribution is -2.24. The Morgan fingerprint density at radius 2 is 1.88 bits per heavy atom. The molecule has 1 unspecified atom stereocenters. The van der Waals surface area contributed by atoms with E-state index in [4.69, 9.17) is 4.52 Å². The van der Waals surface area contributed by atoms with Gasteiger partial charge in [-0.2, -0.15) is 4.98 Å². The first-order valence-corrected chi connectivity index (χ1v) is 10.00. The molecular formula is C19H21N3O3S. The minimum atomic E-state index is -3.40. The van der Waals surface area contributed by atoms with E-state index in [0.29, 0.717) is 34.2 Å². The van der Waals surface area contributed by atoms with E-state index in [2.05, 4.69) is 15.5 Å². The van der Waals surface area contributed by atoms with E-state index < -0.39 is 9.84 Å². The lowest BCUT2D eigenvalue weighted by atomic mass is 10.1. The molecule has 0 saturated heterocycles. The summed E-state index contributed by atoms with van der Waals surface area (Å²) in [5.41, 5.74) is 1.39. The van der Waals surface area contributed by atoms with E-state index in [0.717, 1.165) is 0 Å². The van der Waals surface area contributed by atoms with E-state index in [9.17, 15) is 8.42 Å². The number of hydrogen-bond donors (Lipinski definition) is 1. The third-order valence-corrected chi connectivity index (χ3v) is 5.79. The van der Waals surface area contributed by atoms with Crippen molar-refractivity contribution in [2.24, 2.45) is 0 Å². The van der Waals surface area contributed by atoms with Crippen LogP contribution in [-0.4, -0.2) is 31.6 Å². The lowest BCUT2D eigenvalue weighted by molar-refractivity contribution is 0.418. The fourth-order valence-corrected chi connectivity index (χ4v) is 3.91. The number of benzene rings is 2. The largest absolute Gasteiger partial charge is 0.334 e. The Labute approximate surface area is 153 Å². The van der Waals surface area contributed by atoms with Crippen LogP contribution in [0.3, 0.4) is 0 Å². The highest BCUT2D eigenvalue weighted by atomic mass is 32.2. The summed E-state index contributed by atoms with van der Waals surface area (Å²) >= 11 is 0. The number of hydrogen-bond acceptors (Lipinski definition) is 6. The zero-order chi connectivity index (χ0) is 18.6. The minimum Gasteiger partial charge on any atom is -0.334 e. The molecule has 0 radical (unpaired) electrons. The summed E-state index contributed by atoms with van der Waals surface area (Å²) in [6, 6.07) is 15.9. The van der Waals surface area contributed by atoms with Gasteiger partial charge in [0.1, 0.15) is 0 Å². The standard InChI is InChI=1S/C19H21N3O3S/c1-14(20-2)11-18-21-19(25-22-18)16-8-6-7-15(12-16)13-26(23,24)17-9-4-3-5-10-17/h3-10,12,14,20H,11,13H2,1-2H3. The van der Waals surface area contributed by atoms with Crippen LogP contribution < -0.4 is 5.32 Å². The fraction of sp³-hybridized carbons (Fsp3) is 0.263. The van der Waals surface area contributed by atoms with E-state index in [1.165, 1.54) is 0 Å². The molecule has 1 atom stereocenters. The maximum Gasteiger partial charge on any atom is 0.257 e. The van der Waals surface area contributed by atoms with Crippen molar-refractivity contribution in [2.45, 2.75) is 30.0 Å². The van der Waals surface area contributed by atoms with E-state index >= 15 is 0 Å². The van der Waals surface area contributed by atoms with Gasteiger partial charge in [-0.25, -0.2) is 8.42 Å². The average molecular weight is 371 g/mol. The predicted molar refractivity (Wildman–Crippen MR) is 99.3 cm³/mol. The highest BCUT2D eigenvalue weighted by Crippen LogP contribution is 2.22. The molecule has 3 aromatic rings. The van der Waals surface area contributed by atoms with Crippen molar-refractivity contribution in [1.82, 2.24) is 15.5 Å². The SMILES string of the molecule is CNC(C)Cc1noc(-c2cccc(CS(=O)(=O)c3ccccc3)c2)n1. The molecule has 0 saturated carbocycles. The summed E-state index contributed by atoms with van der Waals surface area (Å²) in [6.07, 6.45) is 0.655. The van der Waals surface area contributed by atoms with Crippen LogP contribution in [-0.2, 0) is 22.0 Å². The summed E-state index contributed by atoms with van der Waals surface area (Å²) < 4.78 is 30.4. The smallest absolute Gasteiger partial charge is 0.257 e. The van der Waals surface area contributed by atoms with Crippen LogP contribution in [0.15, 0.2) is 64.0 Å². The first kappa shape index (κ1) is 18.3. The molecule has 2 aromatic carbocycles. The second-order valence-electron chi connectivity index (χ2n) is 6.18. The molecule has 6 nitrogen and oxygen atoms in total. The average Bonchev–Trinajstić information content (AvgIpc) is 3.11. The van der Waals surface area contributed by atoms with Crippen molar-refractivity contribution in [3.8, 4) is 11.5 Å². The number of nitrogens with zero attached hydrogens (tertiary/aromatic N) is 2. The summed E-state index contributed by atoms with van der Waals surface area (Å²) in [5.74, 6) is 0.925. The van der Waals surface area contributed by atoms with Gasteiger partial charge in [-0.05, 0) is 43.8 Å². The first-order chi connectivity index (χ1) is 12.5. The van der Waals surface area contributed by atoms with E-state index in [-0.39, 0.29) is 11.8 Å². The number of rotatable bonds is 7. The van der Waals surface area contributed by atoms with Crippen LogP contribution in [0.1, 0.15) is 18.3 Å². The molecule has 136 valence electrons. The van der Waals surface area contributed by atoms with Crippen molar-refractivity contribution >= 4 is 9.84 Å². The highest BCUT2D eigenvalue weighted by molar-refractivity contribution is 7.90. The Morgan fingerprint density at radius 1 is 1.12 bits per heavy atom. The third-order valence-electron chi connectivity index (χ3n) is 4.08. The number of nitrogens with one attached hydrogen (secondary N) is 1. The molecular weight excluding hydrogens is 350 g/mol. The third kappa shape index (κ3) is 4.36. The fourth-order valence-electron chi connectivity index (χ4n) is 2.55. The molecule has 26 heavy (non-hydrogen) atoms. The predicted octanol–water partition coefficient (Wildman–Crippen LogP) is 2.86. The maximum atomic E-state index is 12.5. The van der Waals surface area contributed by atoms with Crippen LogP contribution >= 0.6 is 0 Å². The van der Waals surface area contributed by atoms with Crippen molar-refractivity contribution in [1.29, 1.82) is 0 Å². The van der Waals surface area contributed by atoms with Crippen molar-refractivity contribution < 1.29 is 12.9 Å². The topological polar surface area (TPSA) is 85.1 Å². The van der Waals surface area contributed by atoms with Gasteiger partial charge in [-0.1, -0.05) is 35.5 Å². The molecule has 1 aromatic heterocycles. The molecule has 7 heteroatoms. The molecule has 1 heterocycles. The number of likely N-dealkylation sites (N-methyl/N-ethyl adjacent to an activating group) is 1. The van der Waals surface area contributed by atoms with E-state index in [1.807, 2.05) is 20.0 Å². The molecule has 0 aliphatic rings. The summed E-state index contributed by atoms with van der Waals surface area (Å²) in [7, 11) is -1.52. The molecule has 0 aliphatic heterocycles. The Kier molecular flexibility index (Phi) is 5.49. The normalized spacial score (nSPS) is 12.8.